The first kappa shape index (κ1) is 25.5. The molecule has 0 radical (unpaired) electrons. The number of nitrogens with zero attached hydrogens (tertiary/aromatic N) is 1. The third-order valence-electron chi connectivity index (χ3n) is 5.56. The fourth-order valence-corrected chi connectivity index (χ4v) is 3.88. The zero-order valence-corrected chi connectivity index (χ0v) is 20.2. The molecule has 6 heteroatoms. The molecule has 0 aromatic heterocycles. The maximum Gasteiger partial charge on any atom is 0.243 e. The molecule has 5 nitrogen and oxygen atoms in total. The zero-order valence-electron chi connectivity index (χ0n) is 19.5. The summed E-state index contributed by atoms with van der Waals surface area (Å²) in [6.07, 6.45) is 1.32. The summed E-state index contributed by atoms with van der Waals surface area (Å²) in [6.45, 7) is 1.39. The third kappa shape index (κ3) is 8.01. The van der Waals surface area contributed by atoms with Gasteiger partial charge in [0.25, 0.3) is 0 Å². The molecule has 0 fully saturated rings. The van der Waals surface area contributed by atoms with Gasteiger partial charge in [0.05, 0.1) is 6.42 Å². The smallest absolute Gasteiger partial charge is 0.243 e. The molecule has 0 saturated carbocycles. The van der Waals surface area contributed by atoms with E-state index in [0.717, 1.165) is 16.7 Å². The number of methoxy groups -OCH3 is 1. The van der Waals surface area contributed by atoms with Gasteiger partial charge >= 0.3 is 0 Å². The number of halogens is 1. The number of amides is 2. The van der Waals surface area contributed by atoms with Gasteiger partial charge in [-0.05, 0) is 35.2 Å². The first-order valence-corrected chi connectivity index (χ1v) is 11.8. The number of carbonyl (C=O) groups is 2. The molecule has 1 unspecified atom stereocenters. The molecule has 0 saturated heterocycles. The van der Waals surface area contributed by atoms with E-state index < -0.39 is 6.04 Å². The third-order valence-corrected chi connectivity index (χ3v) is 5.81. The minimum atomic E-state index is -0.648. The van der Waals surface area contributed by atoms with Crippen molar-refractivity contribution >= 4 is 23.4 Å². The molecule has 34 heavy (non-hydrogen) atoms. The predicted octanol–water partition coefficient (Wildman–Crippen LogP) is 4.68. The van der Waals surface area contributed by atoms with Crippen LogP contribution in [0.1, 0.15) is 23.1 Å². The Kier molecular flexibility index (Phi) is 10.1. The maximum absolute atomic E-state index is 13.6. The Labute approximate surface area is 206 Å². The quantitative estimate of drug-likeness (QED) is 0.385. The van der Waals surface area contributed by atoms with Gasteiger partial charge in [0.15, 0.2) is 0 Å². The molecule has 1 N–H and O–H groups in total. The van der Waals surface area contributed by atoms with Crippen LogP contribution in [0.4, 0.5) is 0 Å². The molecule has 178 valence electrons. The normalized spacial score (nSPS) is 11.6. The molecule has 3 rings (SSSR count). The van der Waals surface area contributed by atoms with Crippen molar-refractivity contribution in [2.75, 3.05) is 20.3 Å². The SMILES string of the molecule is COCCCNC(=O)C(Cc1ccccc1)N(Cc1ccccc1)C(=O)Cc1ccc(Cl)cc1. The Morgan fingerprint density at radius 1 is 0.882 bits per heavy atom. The van der Waals surface area contributed by atoms with E-state index >= 15 is 0 Å². The first-order valence-electron chi connectivity index (χ1n) is 11.4. The van der Waals surface area contributed by atoms with Crippen LogP contribution in [0.2, 0.25) is 5.02 Å². The van der Waals surface area contributed by atoms with Crippen LogP contribution in [-0.4, -0.2) is 43.0 Å². The Balaban J connectivity index is 1.88. The van der Waals surface area contributed by atoms with Gasteiger partial charge in [0.2, 0.25) is 11.8 Å². The van der Waals surface area contributed by atoms with Crippen LogP contribution in [0, 0.1) is 0 Å². The highest BCUT2D eigenvalue weighted by Gasteiger charge is 2.30. The van der Waals surface area contributed by atoms with Crippen LogP contribution in [0.25, 0.3) is 0 Å². The minimum Gasteiger partial charge on any atom is -0.385 e. The molecule has 3 aromatic rings. The van der Waals surface area contributed by atoms with Gasteiger partial charge in [-0.25, -0.2) is 0 Å². The van der Waals surface area contributed by atoms with Gasteiger partial charge in [-0.1, -0.05) is 84.4 Å². The molecule has 0 heterocycles. The summed E-state index contributed by atoms with van der Waals surface area (Å²) in [5.74, 6) is -0.278. The van der Waals surface area contributed by atoms with Gasteiger partial charge in [-0.15, -0.1) is 0 Å². The van der Waals surface area contributed by atoms with Crippen molar-refractivity contribution < 1.29 is 14.3 Å². The van der Waals surface area contributed by atoms with Crippen molar-refractivity contribution in [1.29, 1.82) is 0 Å². The lowest BCUT2D eigenvalue weighted by atomic mass is 10.0. The van der Waals surface area contributed by atoms with Gasteiger partial charge in [-0.3, -0.25) is 9.59 Å². The average molecular weight is 479 g/mol. The van der Waals surface area contributed by atoms with Gasteiger partial charge in [-0.2, -0.15) is 0 Å². The summed E-state index contributed by atoms with van der Waals surface area (Å²) in [5.41, 5.74) is 2.82. The minimum absolute atomic E-state index is 0.112. The summed E-state index contributed by atoms with van der Waals surface area (Å²) in [6, 6.07) is 26.1. The van der Waals surface area contributed by atoms with E-state index in [2.05, 4.69) is 5.32 Å². The van der Waals surface area contributed by atoms with E-state index in [0.29, 0.717) is 37.6 Å². The fourth-order valence-electron chi connectivity index (χ4n) is 3.76. The summed E-state index contributed by atoms with van der Waals surface area (Å²) >= 11 is 6.01. The molecular weight excluding hydrogens is 448 g/mol. The average Bonchev–Trinajstić information content (AvgIpc) is 2.86. The number of benzene rings is 3. The van der Waals surface area contributed by atoms with Crippen molar-refractivity contribution in [3.63, 3.8) is 0 Å². The Hall–Kier alpha value is -3.15. The number of hydrogen-bond acceptors (Lipinski definition) is 3. The second-order valence-corrected chi connectivity index (χ2v) is 8.59. The summed E-state index contributed by atoms with van der Waals surface area (Å²) in [4.78, 5) is 28.7. The topological polar surface area (TPSA) is 58.6 Å². The highest BCUT2D eigenvalue weighted by molar-refractivity contribution is 6.30. The van der Waals surface area contributed by atoms with Gasteiger partial charge in [0, 0.05) is 38.2 Å². The van der Waals surface area contributed by atoms with E-state index in [9.17, 15) is 9.59 Å². The molecule has 1 atom stereocenters. The van der Waals surface area contributed by atoms with Crippen LogP contribution < -0.4 is 5.32 Å². The zero-order chi connectivity index (χ0) is 24.2. The number of nitrogens with one attached hydrogen (secondary N) is 1. The summed E-state index contributed by atoms with van der Waals surface area (Å²) in [5, 5.41) is 3.62. The fraction of sp³-hybridized carbons (Fsp3) is 0.286. The number of rotatable bonds is 12. The molecular formula is C28H31ClN2O3. The Morgan fingerprint density at radius 3 is 2.12 bits per heavy atom. The van der Waals surface area contributed by atoms with Gasteiger partial charge < -0.3 is 15.0 Å². The van der Waals surface area contributed by atoms with E-state index in [1.54, 1.807) is 24.1 Å². The lowest BCUT2D eigenvalue weighted by Crippen LogP contribution is -2.51. The monoisotopic (exact) mass is 478 g/mol. The largest absolute Gasteiger partial charge is 0.385 e. The van der Waals surface area contributed by atoms with Crippen molar-refractivity contribution in [2.24, 2.45) is 0 Å². The van der Waals surface area contributed by atoms with Crippen LogP contribution in [0.3, 0.4) is 0 Å². The second-order valence-electron chi connectivity index (χ2n) is 8.15. The second kappa shape index (κ2) is 13.5. The molecule has 0 aliphatic heterocycles. The molecule has 3 aromatic carbocycles. The number of carbonyl (C=O) groups excluding carboxylic acids is 2. The van der Waals surface area contributed by atoms with Crippen LogP contribution in [0.5, 0.6) is 0 Å². The number of ether oxygens (including phenoxy) is 1. The Morgan fingerprint density at radius 2 is 1.50 bits per heavy atom. The lowest BCUT2D eigenvalue weighted by Gasteiger charge is -2.31. The highest BCUT2D eigenvalue weighted by Crippen LogP contribution is 2.17. The molecule has 0 spiro atoms. The molecule has 2 amide bonds. The van der Waals surface area contributed by atoms with Crippen molar-refractivity contribution in [3.05, 3.63) is 107 Å². The van der Waals surface area contributed by atoms with Gasteiger partial charge in [0.1, 0.15) is 6.04 Å². The van der Waals surface area contributed by atoms with Crippen LogP contribution in [-0.2, 0) is 33.7 Å². The highest BCUT2D eigenvalue weighted by atomic mass is 35.5. The maximum atomic E-state index is 13.6. The predicted molar refractivity (Wildman–Crippen MR) is 136 cm³/mol. The summed E-state index contributed by atoms with van der Waals surface area (Å²) in [7, 11) is 1.64. The van der Waals surface area contributed by atoms with Crippen LogP contribution >= 0.6 is 11.6 Å². The van der Waals surface area contributed by atoms with E-state index in [-0.39, 0.29) is 18.2 Å². The lowest BCUT2D eigenvalue weighted by molar-refractivity contribution is -0.140. The van der Waals surface area contributed by atoms with E-state index in [1.165, 1.54) is 0 Å². The standard InChI is InChI=1S/C28H31ClN2O3/c1-34-18-8-17-30-28(33)26(19-22-9-4-2-5-10-22)31(21-24-11-6-3-7-12-24)27(32)20-23-13-15-25(29)16-14-23/h2-7,9-16,26H,8,17-21H2,1H3,(H,30,33). The molecule has 0 aliphatic rings. The molecule has 0 bridgehead atoms. The van der Waals surface area contributed by atoms with Crippen molar-refractivity contribution in [1.82, 2.24) is 10.2 Å². The Bertz CT molecular complexity index is 1030. The molecule has 0 aliphatic carbocycles. The van der Waals surface area contributed by atoms with E-state index in [1.807, 2.05) is 72.8 Å². The number of hydrogen-bond donors (Lipinski definition) is 1. The van der Waals surface area contributed by atoms with Crippen LogP contribution in [0.15, 0.2) is 84.9 Å². The summed E-state index contributed by atoms with van der Waals surface area (Å²) < 4.78 is 5.09. The first-order chi connectivity index (χ1) is 16.6. The van der Waals surface area contributed by atoms with Crippen molar-refractivity contribution in [3.8, 4) is 0 Å². The van der Waals surface area contributed by atoms with Crippen molar-refractivity contribution in [2.45, 2.75) is 31.8 Å². The van der Waals surface area contributed by atoms with E-state index in [4.69, 9.17) is 16.3 Å².